The summed E-state index contributed by atoms with van der Waals surface area (Å²) < 4.78 is 0. The molecule has 3 rings (SSSR count). The van der Waals surface area contributed by atoms with Crippen LogP contribution in [-0.2, 0) is 4.79 Å². The Kier molecular flexibility index (Phi) is 3.39. The first kappa shape index (κ1) is 12.2. The Hall–Kier alpha value is -0.870. The molecule has 0 aromatic carbocycles. The van der Waals surface area contributed by atoms with Crippen LogP contribution in [0, 0.1) is 5.92 Å². The Labute approximate surface area is 111 Å². The maximum atomic E-state index is 11.4. The van der Waals surface area contributed by atoms with Crippen LogP contribution in [0.5, 0.6) is 0 Å². The van der Waals surface area contributed by atoms with Gasteiger partial charge in [0.15, 0.2) is 0 Å². The van der Waals surface area contributed by atoms with Crippen molar-refractivity contribution in [2.45, 2.75) is 44.2 Å². The molecule has 18 heavy (non-hydrogen) atoms. The Balaban J connectivity index is 1.86. The van der Waals surface area contributed by atoms with Crippen molar-refractivity contribution in [3.8, 4) is 0 Å². The number of carboxylic acids is 1. The van der Waals surface area contributed by atoms with Gasteiger partial charge in [0.05, 0.1) is 0 Å². The molecule has 0 amide bonds. The van der Waals surface area contributed by atoms with E-state index in [1.165, 1.54) is 17.7 Å². The lowest BCUT2D eigenvalue weighted by atomic mass is 9.97. The Bertz CT molecular complexity index is 413. The SMILES string of the molecule is O=C(O)C1CCCCN1C(c1cccs1)C1CC1. The summed E-state index contributed by atoms with van der Waals surface area (Å²) in [5, 5.41) is 11.5. The summed E-state index contributed by atoms with van der Waals surface area (Å²) in [5.41, 5.74) is 0. The van der Waals surface area contributed by atoms with Crippen LogP contribution in [0.4, 0.5) is 0 Å². The van der Waals surface area contributed by atoms with Crippen molar-refractivity contribution >= 4 is 17.3 Å². The second-order valence-electron chi connectivity index (χ2n) is 5.39. The summed E-state index contributed by atoms with van der Waals surface area (Å²) in [4.78, 5) is 15.1. The summed E-state index contributed by atoms with van der Waals surface area (Å²) >= 11 is 1.77. The van der Waals surface area contributed by atoms with Crippen molar-refractivity contribution < 1.29 is 9.90 Å². The minimum absolute atomic E-state index is 0.272. The maximum Gasteiger partial charge on any atom is 0.320 e. The number of likely N-dealkylation sites (tertiary alicyclic amines) is 1. The molecule has 4 heteroatoms. The number of carbonyl (C=O) groups is 1. The van der Waals surface area contributed by atoms with E-state index in [0.29, 0.717) is 12.0 Å². The van der Waals surface area contributed by atoms with E-state index in [-0.39, 0.29) is 6.04 Å². The molecular weight excluding hydrogens is 246 g/mol. The third-order valence-electron chi connectivity index (χ3n) is 4.09. The number of carboxylic acid groups (broad SMARTS) is 1. The summed E-state index contributed by atoms with van der Waals surface area (Å²) in [6.45, 7) is 0.941. The molecular formula is C14H19NO2S. The number of nitrogens with zero attached hydrogens (tertiary/aromatic N) is 1. The molecule has 3 nitrogen and oxygen atoms in total. The smallest absolute Gasteiger partial charge is 0.320 e. The van der Waals surface area contributed by atoms with E-state index in [1.807, 2.05) is 0 Å². The highest BCUT2D eigenvalue weighted by molar-refractivity contribution is 7.10. The van der Waals surface area contributed by atoms with E-state index in [1.54, 1.807) is 11.3 Å². The lowest BCUT2D eigenvalue weighted by Gasteiger charge is -2.39. The maximum absolute atomic E-state index is 11.4. The highest BCUT2D eigenvalue weighted by Gasteiger charge is 2.42. The molecule has 1 N–H and O–H groups in total. The number of rotatable bonds is 4. The molecule has 2 fully saturated rings. The minimum atomic E-state index is -0.642. The van der Waals surface area contributed by atoms with E-state index in [4.69, 9.17) is 0 Å². The van der Waals surface area contributed by atoms with Gasteiger partial charge in [0, 0.05) is 10.9 Å². The minimum Gasteiger partial charge on any atom is -0.480 e. The Morgan fingerprint density at radius 3 is 2.83 bits per heavy atom. The van der Waals surface area contributed by atoms with E-state index >= 15 is 0 Å². The number of hydrogen-bond donors (Lipinski definition) is 1. The number of piperidine rings is 1. The molecule has 2 atom stereocenters. The van der Waals surface area contributed by atoms with Crippen molar-refractivity contribution in [1.82, 2.24) is 4.90 Å². The molecule has 0 bridgehead atoms. The van der Waals surface area contributed by atoms with Gasteiger partial charge in [-0.1, -0.05) is 12.5 Å². The van der Waals surface area contributed by atoms with Crippen LogP contribution in [0.15, 0.2) is 17.5 Å². The van der Waals surface area contributed by atoms with E-state index in [9.17, 15) is 9.90 Å². The molecule has 2 heterocycles. The van der Waals surface area contributed by atoms with E-state index in [2.05, 4.69) is 22.4 Å². The topological polar surface area (TPSA) is 40.5 Å². The monoisotopic (exact) mass is 265 g/mol. The van der Waals surface area contributed by atoms with Crippen LogP contribution in [-0.4, -0.2) is 28.6 Å². The van der Waals surface area contributed by atoms with Gasteiger partial charge in [0.25, 0.3) is 0 Å². The van der Waals surface area contributed by atoms with Gasteiger partial charge < -0.3 is 5.11 Å². The number of hydrogen-bond acceptors (Lipinski definition) is 3. The lowest BCUT2D eigenvalue weighted by Crippen LogP contribution is -2.46. The normalized spacial score (nSPS) is 27.0. The van der Waals surface area contributed by atoms with Crippen molar-refractivity contribution in [3.63, 3.8) is 0 Å². The number of aliphatic carboxylic acids is 1. The first-order valence-corrected chi connectivity index (χ1v) is 7.67. The zero-order valence-electron chi connectivity index (χ0n) is 10.4. The fraction of sp³-hybridized carbons (Fsp3) is 0.643. The van der Waals surface area contributed by atoms with E-state index < -0.39 is 5.97 Å². The average Bonchev–Trinajstić information content (AvgIpc) is 3.05. The molecule has 1 saturated heterocycles. The third-order valence-corrected chi connectivity index (χ3v) is 5.03. The third kappa shape index (κ3) is 2.31. The summed E-state index contributed by atoms with van der Waals surface area (Å²) in [5.74, 6) is 0.0421. The fourth-order valence-electron chi connectivity index (χ4n) is 3.09. The molecule has 0 spiro atoms. The van der Waals surface area contributed by atoms with Gasteiger partial charge in [-0.05, 0) is 49.6 Å². The van der Waals surface area contributed by atoms with Crippen LogP contribution in [0.2, 0.25) is 0 Å². The molecule has 1 saturated carbocycles. The first-order valence-electron chi connectivity index (χ1n) is 6.79. The van der Waals surface area contributed by atoms with Gasteiger partial charge in [-0.3, -0.25) is 9.69 Å². The lowest BCUT2D eigenvalue weighted by molar-refractivity contribution is -0.146. The van der Waals surface area contributed by atoms with Crippen LogP contribution in [0.25, 0.3) is 0 Å². The van der Waals surface area contributed by atoms with Crippen molar-refractivity contribution in [2.75, 3.05) is 6.54 Å². The highest BCUT2D eigenvalue weighted by Crippen LogP contribution is 2.47. The number of thiophene rings is 1. The van der Waals surface area contributed by atoms with Gasteiger partial charge in [0.1, 0.15) is 6.04 Å². The van der Waals surface area contributed by atoms with Crippen molar-refractivity contribution in [3.05, 3.63) is 22.4 Å². The van der Waals surface area contributed by atoms with Gasteiger partial charge in [-0.15, -0.1) is 11.3 Å². The summed E-state index contributed by atoms with van der Waals surface area (Å²) in [6.07, 6.45) is 5.51. The largest absolute Gasteiger partial charge is 0.480 e. The summed E-state index contributed by atoms with van der Waals surface area (Å²) in [6, 6.07) is 4.33. The van der Waals surface area contributed by atoms with Crippen LogP contribution in [0.1, 0.15) is 43.0 Å². The van der Waals surface area contributed by atoms with Gasteiger partial charge >= 0.3 is 5.97 Å². The Morgan fingerprint density at radius 2 is 2.22 bits per heavy atom. The van der Waals surface area contributed by atoms with Crippen LogP contribution in [0.3, 0.4) is 0 Å². The van der Waals surface area contributed by atoms with Gasteiger partial charge in [-0.2, -0.15) is 0 Å². The average molecular weight is 265 g/mol. The summed E-state index contributed by atoms with van der Waals surface area (Å²) in [7, 11) is 0. The van der Waals surface area contributed by atoms with E-state index in [0.717, 1.165) is 25.8 Å². The zero-order valence-corrected chi connectivity index (χ0v) is 11.2. The molecule has 1 aromatic heterocycles. The molecule has 1 aromatic rings. The first-order chi connectivity index (χ1) is 8.77. The zero-order chi connectivity index (χ0) is 12.5. The standard InChI is InChI=1S/C14H19NO2S/c16-14(17)11-4-1-2-8-15(11)13(10-6-7-10)12-5-3-9-18-12/h3,5,9-11,13H,1-2,4,6-8H2,(H,16,17). The predicted molar refractivity (Wildman–Crippen MR) is 71.8 cm³/mol. The van der Waals surface area contributed by atoms with Crippen molar-refractivity contribution in [1.29, 1.82) is 0 Å². The van der Waals surface area contributed by atoms with Crippen LogP contribution < -0.4 is 0 Å². The second kappa shape index (κ2) is 5.02. The highest BCUT2D eigenvalue weighted by atomic mass is 32.1. The quantitative estimate of drug-likeness (QED) is 0.909. The predicted octanol–water partition coefficient (Wildman–Crippen LogP) is 3.14. The van der Waals surface area contributed by atoms with Crippen molar-refractivity contribution in [2.24, 2.45) is 5.92 Å². The molecule has 1 aliphatic heterocycles. The Morgan fingerprint density at radius 1 is 1.39 bits per heavy atom. The fourth-order valence-corrected chi connectivity index (χ4v) is 4.03. The second-order valence-corrected chi connectivity index (χ2v) is 6.36. The molecule has 2 unspecified atom stereocenters. The molecule has 2 aliphatic rings. The molecule has 98 valence electrons. The molecule has 1 aliphatic carbocycles. The van der Waals surface area contributed by atoms with Gasteiger partial charge in [0.2, 0.25) is 0 Å². The molecule has 0 radical (unpaired) electrons. The van der Waals surface area contributed by atoms with Gasteiger partial charge in [-0.25, -0.2) is 0 Å². The van der Waals surface area contributed by atoms with Crippen LogP contribution >= 0.6 is 11.3 Å².